The SMILES string of the molecule is CC(C)(C)Oc1ccccc1CNc1ccc(C(=O)O)cc1. The van der Waals surface area contributed by atoms with Gasteiger partial charge in [-0.25, -0.2) is 4.79 Å². The van der Waals surface area contributed by atoms with Gasteiger partial charge in [0.15, 0.2) is 0 Å². The highest BCUT2D eigenvalue weighted by molar-refractivity contribution is 5.87. The van der Waals surface area contributed by atoms with Crippen LogP contribution in [0.25, 0.3) is 0 Å². The van der Waals surface area contributed by atoms with Crippen molar-refractivity contribution in [3.8, 4) is 5.75 Å². The third-order valence-corrected chi connectivity index (χ3v) is 3.00. The summed E-state index contributed by atoms with van der Waals surface area (Å²) in [6, 6.07) is 14.6. The lowest BCUT2D eigenvalue weighted by Crippen LogP contribution is -2.23. The topological polar surface area (TPSA) is 58.6 Å². The maximum Gasteiger partial charge on any atom is 0.335 e. The molecule has 0 saturated carbocycles. The van der Waals surface area contributed by atoms with Crippen molar-refractivity contribution in [2.24, 2.45) is 0 Å². The average Bonchev–Trinajstić information content (AvgIpc) is 2.45. The molecule has 0 heterocycles. The Morgan fingerprint density at radius 3 is 2.32 bits per heavy atom. The summed E-state index contributed by atoms with van der Waals surface area (Å²) in [5, 5.41) is 12.2. The van der Waals surface area contributed by atoms with E-state index in [2.05, 4.69) is 5.32 Å². The number of benzene rings is 2. The Hall–Kier alpha value is -2.49. The van der Waals surface area contributed by atoms with Crippen LogP contribution in [0.15, 0.2) is 48.5 Å². The van der Waals surface area contributed by atoms with E-state index in [-0.39, 0.29) is 11.2 Å². The second kappa shape index (κ2) is 6.52. The lowest BCUT2D eigenvalue weighted by molar-refractivity contribution is 0.0697. The molecule has 0 unspecified atom stereocenters. The number of aromatic carboxylic acids is 1. The predicted octanol–water partition coefficient (Wildman–Crippen LogP) is 4.17. The Bertz CT molecular complexity index is 642. The molecule has 0 fully saturated rings. The lowest BCUT2D eigenvalue weighted by Gasteiger charge is -2.23. The van der Waals surface area contributed by atoms with Crippen LogP contribution in [0.5, 0.6) is 5.75 Å². The summed E-state index contributed by atoms with van der Waals surface area (Å²) in [5.74, 6) is -0.0693. The molecule has 116 valence electrons. The molecule has 22 heavy (non-hydrogen) atoms. The zero-order valence-electron chi connectivity index (χ0n) is 13.1. The third-order valence-electron chi connectivity index (χ3n) is 3.00. The first-order valence-corrected chi connectivity index (χ1v) is 7.19. The Kier molecular flexibility index (Phi) is 4.71. The molecule has 2 aromatic carbocycles. The molecule has 0 aliphatic heterocycles. The highest BCUT2D eigenvalue weighted by atomic mass is 16.5. The van der Waals surface area contributed by atoms with Gasteiger partial charge in [0.25, 0.3) is 0 Å². The van der Waals surface area contributed by atoms with Gasteiger partial charge in [0.1, 0.15) is 11.4 Å². The number of nitrogens with one attached hydrogen (secondary N) is 1. The fourth-order valence-electron chi connectivity index (χ4n) is 2.01. The summed E-state index contributed by atoms with van der Waals surface area (Å²) in [4.78, 5) is 10.8. The van der Waals surface area contributed by atoms with Crippen LogP contribution >= 0.6 is 0 Å². The summed E-state index contributed by atoms with van der Waals surface area (Å²) < 4.78 is 5.95. The molecule has 4 nitrogen and oxygen atoms in total. The molecule has 0 saturated heterocycles. The van der Waals surface area contributed by atoms with E-state index in [1.54, 1.807) is 24.3 Å². The van der Waals surface area contributed by atoms with Crippen LogP contribution in [0.3, 0.4) is 0 Å². The number of para-hydroxylation sites is 1. The zero-order chi connectivity index (χ0) is 16.2. The van der Waals surface area contributed by atoms with Gasteiger partial charge in [0.2, 0.25) is 0 Å². The number of hydrogen-bond acceptors (Lipinski definition) is 3. The lowest BCUT2D eigenvalue weighted by atomic mass is 10.1. The smallest absolute Gasteiger partial charge is 0.335 e. The van der Waals surface area contributed by atoms with Crippen molar-refractivity contribution in [2.75, 3.05) is 5.32 Å². The molecule has 2 rings (SSSR count). The zero-order valence-corrected chi connectivity index (χ0v) is 13.1. The number of carboxylic acids is 1. The van der Waals surface area contributed by atoms with Crippen LogP contribution in [0, 0.1) is 0 Å². The molecular weight excluding hydrogens is 278 g/mol. The first kappa shape index (κ1) is 15.9. The summed E-state index contributed by atoms with van der Waals surface area (Å²) in [5.41, 5.74) is 1.96. The predicted molar refractivity (Wildman–Crippen MR) is 87.6 cm³/mol. The van der Waals surface area contributed by atoms with Crippen LogP contribution in [0.4, 0.5) is 5.69 Å². The molecule has 0 aromatic heterocycles. The van der Waals surface area contributed by atoms with Crippen molar-refractivity contribution in [1.29, 1.82) is 0 Å². The number of carboxylic acid groups (broad SMARTS) is 1. The van der Waals surface area contributed by atoms with Gasteiger partial charge in [-0.2, -0.15) is 0 Å². The van der Waals surface area contributed by atoms with Gasteiger partial charge in [0, 0.05) is 17.8 Å². The molecule has 0 atom stereocenters. The van der Waals surface area contributed by atoms with Crippen molar-refractivity contribution in [3.63, 3.8) is 0 Å². The largest absolute Gasteiger partial charge is 0.488 e. The van der Waals surface area contributed by atoms with Crippen molar-refractivity contribution in [3.05, 3.63) is 59.7 Å². The molecule has 4 heteroatoms. The van der Waals surface area contributed by atoms with E-state index in [0.717, 1.165) is 17.0 Å². The van der Waals surface area contributed by atoms with Crippen LogP contribution in [-0.2, 0) is 6.54 Å². The van der Waals surface area contributed by atoms with E-state index >= 15 is 0 Å². The summed E-state index contributed by atoms with van der Waals surface area (Å²) in [6.45, 7) is 6.66. The second-order valence-electron chi connectivity index (χ2n) is 6.06. The second-order valence-corrected chi connectivity index (χ2v) is 6.06. The minimum atomic E-state index is -0.921. The molecule has 0 aliphatic carbocycles. The molecule has 2 N–H and O–H groups in total. The fraction of sp³-hybridized carbons (Fsp3) is 0.278. The number of ether oxygens (including phenoxy) is 1. The molecular formula is C18H21NO3. The van der Waals surface area contributed by atoms with Crippen LogP contribution in [0.1, 0.15) is 36.7 Å². The van der Waals surface area contributed by atoms with E-state index < -0.39 is 5.97 Å². The molecule has 0 radical (unpaired) electrons. The highest BCUT2D eigenvalue weighted by Gasteiger charge is 2.14. The number of rotatable bonds is 5. The summed E-state index contributed by atoms with van der Waals surface area (Å²) >= 11 is 0. The average molecular weight is 299 g/mol. The van der Waals surface area contributed by atoms with Crippen molar-refractivity contribution in [2.45, 2.75) is 32.9 Å². The van der Waals surface area contributed by atoms with E-state index in [4.69, 9.17) is 9.84 Å². The minimum Gasteiger partial charge on any atom is -0.488 e. The Balaban J connectivity index is 2.06. The summed E-state index contributed by atoms with van der Waals surface area (Å²) in [7, 11) is 0. The van der Waals surface area contributed by atoms with E-state index in [1.807, 2.05) is 45.0 Å². The molecule has 0 bridgehead atoms. The molecule has 2 aromatic rings. The Morgan fingerprint density at radius 1 is 1.09 bits per heavy atom. The fourth-order valence-corrected chi connectivity index (χ4v) is 2.01. The number of carbonyl (C=O) groups is 1. The van der Waals surface area contributed by atoms with Gasteiger partial charge >= 0.3 is 5.97 Å². The van der Waals surface area contributed by atoms with Crippen molar-refractivity contribution in [1.82, 2.24) is 0 Å². The summed E-state index contributed by atoms with van der Waals surface area (Å²) in [6.07, 6.45) is 0. The van der Waals surface area contributed by atoms with E-state index in [0.29, 0.717) is 6.54 Å². The normalized spacial score (nSPS) is 11.0. The maximum atomic E-state index is 10.8. The van der Waals surface area contributed by atoms with E-state index in [9.17, 15) is 4.79 Å². The Labute approximate surface area is 130 Å². The minimum absolute atomic E-state index is 0.251. The quantitative estimate of drug-likeness (QED) is 0.869. The van der Waals surface area contributed by atoms with Crippen LogP contribution < -0.4 is 10.1 Å². The van der Waals surface area contributed by atoms with Crippen LogP contribution in [0.2, 0.25) is 0 Å². The van der Waals surface area contributed by atoms with Crippen LogP contribution in [-0.4, -0.2) is 16.7 Å². The van der Waals surface area contributed by atoms with Gasteiger partial charge < -0.3 is 15.2 Å². The monoisotopic (exact) mass is 299 g/mol. The first-order chi connectivity index (χ1) is 10.3. The third kappa shape index (κ3) is 4.52. The highest BCUT2D eigenvalue weighted by Crippen LogP contribution is 2.24. The molecule has 0 spiro atoms. The number of anilines is 1. The van der Waals surface area contributed by atoms with Gasteiger partial charge in [-0.15, -0.1) is 0 Å². The molecule has 0 aliphatic rings. The molecule has 0 amide bonds. The standard InChI is InChI=1S/C18H21NO3/c1-18(2,3)22-16-7-5-4-6-14(16)12-19-15-10-8-13(9-11-15)17(20)21/h4-11,19H,12H2,1-3H3,(H,20,21). The number of hydrogen-bond donors (Lipinski definition) is 2. The van der Waals surface area contributed by atoms with Crippen molar-refractivity contribution < 1.29 is 14.6 Å². The first-order valence-electron chi connectivity index (χ1n) is 7.19. The van der Waals surface area contributed by atoms with Crippen molar-refractivity contribution >= 4 is 11.7 Å². The van der Waals surface area contributed by atoms with Gasteiger partial charge in [0.05, 0.1) is 5.56 Å². The van der Waals surface area contributed by atoms with Gasteiger partial charge in [-0.1, -0.05) is 18.2 Å². The Morgan fingerprint density at radius 2 is 1.73 bits per heavy atom. The van der Waals surface area contributed by atoms with Gasteiger partial charge in [-0.05, 0) is 51.1 Å². The maximum absolute atomic E-state index is 10.8. The van der Waals surface area contributed by atoms with E-state index in [1.165, 1.54) is 0 Å². The van der Waals surface area contributed by atoms with Gasteiger partial charge in [-0.3, -0.25) is 0 Å².